The highest BCUT2D eigenvalue weighted by Crippen LogP contribution is 2.20. The van der Waals surface area contributed by atoms with Gasteiger partial charge in [0.25, 0.3) is 0 Å². The van der Waals surface area contributed by atoms with Crippen LogP contribution >= 0.6 is 0 Å². The molecule has 0 aliphatic rings. The van der Waals surface area contributed by atoms with Crippen LogP contribution < -0.4 is 10.6 Å². The van der Waals surface area contributed by atoms with Crippen LogP contribution in [-0.4, -0.2) is 22.1 Å². The maximum absolute atomic E-state index is 13.2. The number of aromatic nitrogens is 2. The zero-order valence-electron chi connectivity index (χ0n) is 13.6. The minimum Gasteiger partial charge on any atom is -0.338 e. The monoisotopic (exact) mass is 318 g/mol. The van der Waals surface area contributed by atoms with Crippen LogP contribution in [0.1, 0.15) is 43.6 Å². The highest BCUT2D eigenvalue weighted by molar-refractivity contribution is 5.74. The molecule has 0 spiro atoms. The number of carbonyl (C=O) groups is 1. The van der Waals surface area contributed by atoms with E-state index in [1.54, 1.807) is 18.3 Å². The number of rotatable bonds is 7. The molecule has 124 valence electrons. The summed E-state index contributed by atoms with van der Waals surface area (Å²) in [7, 11) is 1.86. The van der Waals surface area contributed by atoms with Crippen molar-refractivity contribution in [1.29, 1.82) is 0 Å². The SMILES string of the molecule is CCCCCNC(=O)N[C@@H](c1ccc(F)cc1)c1nccn1C. The summed E-state index contributed by atoms with van der Waals surface area (Å²) in [6.45, 7) is 2.75. The summed E-state index contributed by atoms with van der Waals surface area (Å²) in [4.78, 5) is 16.4. The largest absolute Gasteiger partial charge is 0.338 e. The quantitative estimate of drug-likeness (QED) is 0.771. The fourth-order valence-corrected chi connectivity index (χ4v) is 2.37. The lowest BCUT2D eigenvalue weighted by molar-refractivity contribution is 0.238. The Hall–Kier alpha value is -2.37. The van der Waals surface area contributed by atoms with Gasteiger partial charge in [-0.2, -0.15) is 0 Å². The van der Waals surface area contributed by atoms with Crippen LogP contribution in [0.25, 0.3) is 0 Å². The minimum atomic E-state index is -0.429. The second-order valence-electron chi connectivity index (χ2n) is 5.49. The van der Waals surface area contributed by atoms with E-state index in [0.29, 0.717) is 12.4 Å². The van der Waals surface area contributed by atoms with E-state index in [4.69, 9.17) is 0 Å². The van der Waals surface area contributed by atoms with Gasteiger partial charge in [0.15, 0.2) is 0 Å². The van der Waals surface area contributed by atoms with E-state index in [0.717, 1.165) is 24.8 Å². The molecule has 2 rings (SSSR count). The normalized spacial score (nSPS) is 12.0. The highest BCUT2D eigenvalue weighted by Gasteiger charge is 2.20. The predicted octanol–water partition coefficient (Wildman–Crippen LogP) is 3.14. The summed E-state index contributed by atoms with van der Waals surface area (Å²) in [6.07, 6.45) is 6.63. The van der Waals surface area contributed by atoms with Gasteiger partial charge in [0.1, 0.15) is 17.7 Å². The molecule has 1 atom stereocenters. The maximum atomic E-state index is 13.2. The first-order valence-corrected chi connectivity index (χ1v) is 7.89. The van der Waals surface area contributed by atoms with Gasteiger partial charge in [0.2, 0.25) is 0 Å². The van der Waals surface area contributed by atoms with Crippen molar-refractivity contribution in [2.24, 2.45) is 7.05 Å². The van der Waals surface area contributed by atoms with E-state index in [9.17, 15) is 9.18 Å². The number of nitrogens with zero attached hydrogens (tertiary/aromatic N) is 2. The van der Waals surface area contributed by atoms with Crippen molar-refractivity contribution in [1.82, 2.24) is 20.2 Å². The lowest BCUT2D eigenvalue weighted by Gasteiger charge is -2.19. The molecule has 2 amide bonds. The average Bonchev–Trinajstić information content (AvgIpc) is 2.96. The first kappa shape index (κ1) is 17.0. The fraction of sp³-hybridized carbons (Fsp3) is 0.412. The van der Waals surface area contributed by atoms with Crippen molar-refractivity contribution < 1.29 is 9.18 Å². The first-order valence-electron chi connectivity index (χ1n) is 7.89. The van der Waals surface area contributed by atoms with E-state index in [1.165, 1.54) is 12.1 Å². The van der Waals surface area contributed by atoms with Gasteiger partial charge in [-0.05, 0) is 24.1 Å². The molecule has 0 fully saturated rings. The lowest BCUT2D eigenvalue weighted by Crippen LogP contribution is -2.39. The van der Waals surface area contributed by atoms with Crippen LogP contribution in [0.5, 0.6) is 0 Å². The molecule has 23 heavy (non-hydrogen) atoms. The number of imidazole rings is 1. The van der Waals surface area contributed by atoms with Crippen LogP contribution in [0.15, 0.2) is 36.7 Å². The first-order chi connectivity index (χ1) is 11.1. The maximum Gasteiger partial charge on any atom is 0.315 e. The Morgan fingerprint density at radius 1 is 1.30 bits per heavy atom. The summed E-state index contributed by atoms with van der Waals surface area (Å²) >= 11 is 0. The molecule has 1 aromatic heterocycles. The van der Waals surface area contributed by atoms with Crippen molar-refractivity contribution in [3.63, 3.8) is 0 Å². The summed E-state index contributed by atoms with van der Waals surface area (Å²) in [5, 5.41) is 5.77. The third-order valence-corrected chi connectivity index (χ3v) is 3.66. The molecule has 5 nitrogen and oxygen atoms in total. The summed E-state index contributed by atoms with van der Waals surface area (Å²) < 4.78 is 15.0. The van der Waals surface area contributed by atoms with E-state index in [1.807, 2.05) is 17.8 Å². The Morgan fingerprint density at radius 3 is 2.65 bits per heavy atom. The Labute approximate surface area is 135 Å². The molecule has 2 N–H and O–H groups in total. The molecule has 0 saturated heterocycles. The average molecular weight is 318 g/mol. The number of unbranched alkanes of at least 4 members (excludes halogenated alkanes) is 2. The Morgan fingerprint density at radius 2 is 2.04 bits per heavy atom. The van der Waals surface area contributed by atoms with Crippen molar-refractivity contribution >= 4 is 6.03 Å². The molecule has 0 unspecified atom stereocenters. The van der Waals surface area contributed by atoms with Crippen LogP contribution in [0, 0.1) is 5.82 Å². The van der Waals surface area contributed by atoms with Gasteiger partial charge < -0.3 is 15.2 Å². The van der Waals surface area contributed by atoms with Crippen LogP contribution in [0.3, 0.4) is 0 Å². The van der Waals surface area contributed by atoms with Crippen LogP contribution in [0.4, 0.5) is 9.18 Å². The molecule has 0 aliphatic heterocycles. The molecule has 0 aliphatic carbocycles. The molecule has 6 heteroatoms. The number of hydrogen-bond donors (Lipinski definition) is 2. The lowest BCUT2D eigenvalue weighted by atomic mass is 10.1. The summed E-state index contributed by atoms with van der Waals surface area (Å²) in [5.41, 5.74) is 0.782. The molecular weight excluding hydrogens is 295 g/mol. The number of benzene rings is 1. The van der Waals surface area contributed by atoms with Gasteiger partial charge in [-0.25, -0.2) is 14.2 Å². The van der Waals surface area contributed by atoms with Gasteiger partial charge in [0.05, 0.1) is 0 Å². The number of urea groups is 1. The van der Waals surface area contributed by atoms with Crippen molar-refractivity contribution in [2.45, 2.75) is 32.2 Å². The standard InChI is InChI=1S/C17H23FN4O/c1-3-4-5-10-20-17(23)21-15(16-19-11-12-22(16)2)13-6-8-14(18)9-7-13/h6-9,11-12,15H,3-5,10H2,1-2H3,(H2,20,21,23)/t15-/m0/s1. The van der Waals surface area contributed by atoms with Crippen molar-refractivity contribution in [3.05, 3.63) is 53.9 Å². The van der Waals surface area contributed by atoms with E-state index >= 15 is 0 Å². The van der Waals surface area contributed by atoms with E-state index in [-0.39, 0.29) is 11.8 Å². The van der Waals surface area contributed by atoms with Gasteiger partial charge in [-0.15, -0.1) is 0 Å². The van der Waals surface area contributed by atoms with Crippen molar-refractivity contribution in [3.8, 4) is 0 Å². The van der Waals surface area contributed by atoms with Crippen molar-refractivity contribution in [2.75, 3.05) is 6.54 Å². The van der Waals surface area contributed by atoms with E-state index < -0.39 is 6.04 Å². The Balaban J connectivity index is 2.10. The summed E-state index contributed by atoms with van der Waals surface area (Å²) in [6, 6.07) is 5.40. The minimum absolute atomic E-state index is 0.251. The predicted molar refractivity (Wildman–Crippen MR) is 87.5 cm³/mol. The van der Waals surface area contributed by atoms with Gasteiger partial charge in [-0.3, -0.25) is 0 Å². The second kappa shape index (κ2) is 8.31. The molecule has 2 aromatic rings. The number of carbonyl (C=O) groups excluding carboxylic acids is 1. The smallest absolute Gasteiger partial charge is 0.315 e. The summed E-state index contributed by atoms with van der Waals surface area (Å²) in [5.74, 6) is 0.386. The molecule has 0 radical (unpaired) electrons. The molecule has 1 heterocycles. The van der Waals surface area contributed by atoms with Gasteiger partial charge >= 0.3 is 6.03 Å². The fourth-order valence-electron chi connectivity index (χ4n) is 2.37. The third kappa shape index (κ3) is 4.81. The topological polar surface area (TPSA) is 59.0 Å². The number of amides is 2. The molecule has 1 aromatic carbocycles. The van der Waals surface area contributed by atoms with E-state index in [2.05, 4.69) is 22.5 Å². The zero-order valence-corrected chi connectivity index (χ0v) is 13.6. The third-order valence-electron chi connectivity index (χ3n) is 3.66. The van der Waals surface area contributed by atoms with Crippen LogP contribution in [0.2, 0.25) is 0 Å². The zero-order chi connectivity index (χ0) is 16.7. The number of aryl methyl sites for hydroxylation is 1. The molecule has 0 saturated carbocycles. The number of nitrogens with one attached hydrogen (secondary N) is 2. The molecule has 0 bridgehead atoms. The second-order valence-corrected chi connectivity index (χ2v) is 5.49. The number of hydrogen-bond acceptors (Lipinski definition) is 2. The number of halogens is 1. The van der Waals surface area contributed by atoms with Gasteiger partial charge in [-0.1, -0.05) is 31.9 Å². The highest BCUT2D eigenvalue weighted by atomic mass is 19.1. The Bertz CT molecular complexity index is 624. The Kier molecular flexibility index (Phi) is 6.14. The van der Waals surface area contributed by atoms with Crippen LogP contribution in [-0.2, 0) is 7.05 Å². The van der Waals surface area contributed by atoms with Gasteiger partial charge in [0, 0.05) is 26.0 Å². The molecular formula is C17H23FN4O.